The summed E-state index contributed by atoms with van der Waals surface area (Å²) in [5.74, 6) is 1.75. The van der Waals surface area contributed by atoms with Crippen LogP contribution in [0.4, 0.5) is 5.13 Å². The summed E-state index contributed by atoms with van der Waals surface area (Å²) in [7, 11) is 0. The molecule has 1 aromatic heterocycles. The molecule has 1 amide bonds. The van der Waals surface area contributed by atoms with Gasteiger partial charge < -0.3 is 19.3 Å². The summed E-state index contributed by atoms with van der Waals surface area (Å²) < 4.78 is 12.2. The molecule has 2 saturated heterocycles. The SMILES string of the molecule is Cc1ccc(OCc2ccc(C(=O)N3CCCCC3)cc2C)c(-c2csc(N3CC4C(C(=O)OC(C)(C)C)C5CC45C3)n2)c1. The highest BCUT2D eigenvalue weighted by molar-refractivity contribution is 7.14. The molecule has 0 N–H and O–H groups in total. The summed E-state index contributed by atoms with van der Waals surface area (Å²) in [6, 6.07) is 12.2. The molecule has 3 heterocycles. The van der Waals surface area contributed by atoms with Gasteiger partial charge in [-0.2, -0.15) is 0 Å². The zero-order valence-electron chi connectivity index (χ0n) is 26.5. The Labute approximate surface area is 264 Å². The third kappa shape index (κ3) is 5.29. The Kier molecular flexibility index (Phi) is 7.26. The van der Waals surface area contributed by atoms with Crippen molar-refractivity contribution in [1.82, 2.24) is 9.88 Å². The number of aromatic nitrogens is 1. The molecule has 7 rings (SSSR count). The van der Waals surface area contributed by atoms with Crippen LogP contribution in [-0.2, 0) is 16.1 Å². The normalized spacial score (nSPS) is 25.6. The first-order valence-corrected chi connectivity index (χ1v) is 17.0. The van der Waals surface area contributed by atoms with E-state index in [9.17, 15) is 9.59 Å². The minimum Gasteiger partial charge on any atom is -0.488 e. The second-order valence-electron chi connectivity index (χ2n) is 14.4. The van der Waals surface area contributed by atoms with Gasteiger partial charge in [0.25, 0.3) is 5.91 Å². The van der Waals surface area contributed by atoms with Crippen molar-refractivity contribution in [3.05, 3.63) is 64.0 Å². The van der Waals surface area contributed by atoms with Gasteiger partial charge in [-0.3, -0.25) is 9.59 Å². The molecule has 1 spiro atoms. The van der Waals surface area contributed by atoms with Gasteiger partial charge in [-0.15, -0.1) is 11.3 Å². The number of carbonyl (C=O) groups is 2. The fourth-order valence-corrected chi connectivity index (χ4v) is 8.64. The second kappa shape index (κ2) is 10.9. The number of esters is 1. The molecule has 232 valence electrons. The van der Waals surface area contributed by atoms with Crippen molar-refractivity contribution in [2.24, 2.45) is 23.2 Å². The van der Waals surface area contributed by atoms with Crippen LogP contribution in [0.1, 0.15) is 73.5 Å². The predicted octanol–water partition coefficient (Wildman–Crippen LogP) is 7.05. The zero-order valence-corrected chi connectivity index (χ0v) is 27.3. The monoisotopic (exact) mass is 613 g/mol. The molecule has 0 bridgehead atoms. The van der Waals surface area contributed by atoms with Crippen LogP contribution < -0.4 is 9.64 Å². The Bertz CT molecular complexity index is 1600. The standard InChI is InChI=1S/C36H43N3O4S/c1-22-9-12-30(42-19-25-11-10-24(16-23(25)2)32(40)38-13-7-6-8-14-38)26(15-22)29-20-44-34(37-29)39-18-28-31(27-17-36(27,28)21-39)33(41)43-35(3,4)5/h9-12,15-16,20,27-28,31H,6-8,13-14,17-19,21H2,1-5H3. The summed E-state index contributed by atoms with van der Waals surface area (Å²) >= 11 is 1.66. The summed E-state index contributed by atoms with van der Waals surface area (Å²) in [5, 5.41) is 3.13. The number of amides is 1. The van der Waals surface area contributed by atoms with Crippen molar-refractivity contribution in [3.8, 4) is 17.0 Å². The van der Waals surface area contributed by atoms with E-state index >= 15 is 0 Å². The summed E-state index contributed by atoms with van der Waals surface area (Å²) in [6.07, 6.45) is 4.51. The molecule has 2 aromatic carbocycles. The van der Waals surface area contributed by atoms with E-state index in [1.165, 1.54) is 6.42 Å². The lowest BCUT2D eigenvalue weighted by molar-refractivity contribution is -0.168. The molecule has 4 atom stereocenters. The summed E-state index contributed by atoms with van der Waals surface area (Å²) in [4.78, 5) is 35.4. The number of anilines is 1. The molecule has 44 heavy (non-hydrogen) atoms. The van der Waals surface area contributed by atoms with E-state index in [0.29, 0.717) is 18.4 Å². The Hall–Kier alpha value is -3.39. The van der Waals surface area contributed by atoms with Gasteiger partial charge in [0.05, 0.1) is 11.6 Å². The number of nitrogens with zero attached hydrogens (tertiary/aromatic N) is 3. The Balaban J connectivity index is 1.03. The molecule has 4 unspecified atom stereocenters. The van der Waals surface area contributed by atoms with Crippen molar-refractivity contribution in [3.63, 3.8) is 0 Å². The number of hydrogen-bond donors (Lipinski definition) is 0. The first kappa shape index (κ1) is 29.3. The van der Waals surface area contributed by atoms with Gasteiger partial charge in [-0.1, -0.05) is 17.7 Å². The Morgan fingerprint density at radius 3 is 2.59 bits per heavy atom. The number of ether oxygens (including phenoxy) is 2. The Morgan fingerprint density at radius 1 is 1.05 bits per heavy atom. The van der Waals surface area contributed by atoms with E-state index in [4.69, 9.17) is 14.5 Å². The van der Waals surface area contributed by atoms with Crippen molar-refractivity contribution >= 4 is 28.3 Å². The summed E-state index contributed by atoms with van der Waals surface area (Å²) in [6.45, 7) is 13.9. The maximum absolute atomic E-state index is 13.0. The van der Waals surface area contributed by atoms with Gasteiger partial charge in [-0.25, -0.2) is 4.98 Å². The number of rotatable bonds is 7. The number of likely N-dealkylation sites (tertiary alicyclic amines) is 1. The highest BCUT2D eigenvalue weighted by Gasteiger charge is 2.78. The average molecular weight is 614 g/mol. The molecule has 7 nitrogen and oxygen atoms in total. The van der Waals surface area contributed by atoms with Crippen molar-refractivity contribution in [2.45, 2.75) is 72.5 Å². The number of carbonyl (C=O) groups excluding carboxylic acids is 2. The molecule has 4 aliphatic rings. The van der Waals surface area contributed by atoms with Gasteiger partial charge in [-0.05, 0) is 113 Å². The van der Waals surface area contributed by atoms with Crippen molar-refractivity contribution < 1.29 is 19.1 Å². The third-order valence-corrected chi connectivity index (χ3v) is 11.1. The molecule has 4 fully saturated rings. The van der Waals surface area contributed by atoms with Crippen LogP contribution in [0.5, 0.6) is 5.75 Å². The van der Waals surface area contributed by atoms with Crippen LogP contribution in [0.25, 0.3) is 11.3 Å². The van der Waals surface area contributed by atoms with Crippen LogP contribution in [0.15, 0.2) is 41.8 Å². The fourth-order valence-electron chi connectivity index (χ4n) is 7.81. The maximum atomic E-state index is 13.0. The topological polar surface area (TPSA) is 72.0 Å². The van der Waals surface area contributed by atoms with E-state index in [-0.39, 0.29) is 23.2 Å². The maximum Gasteiger partial charge on any atom is 0.310 e. The zero-order chi connectivity index (χ0) is 30.8. The minimum absolute atomic E-state index is 0.0239. The van der Waals surface area contributed by atoms with Gasteiger partial charge >= 0.3 is 5.97 Å². The molecule has 3 aromatic rings. The fraction of sp³-hybridized carbons (Fsp3) is 0.528. The predicted molar refractivity (Wildman–Crippen MR) is 173 cm³/mol. The van der Waals surface area contributed by atoms with E-state index in [0.717, 1.165) is 89.8 Å². The largest absolute Gasteiger partial charge is 0.488 e. The number of thiazole rings is 1. The lowest BCUT2D eigenvalue weighted by Crippen LogP contribution is -2.45. The van der Waals surface area contributed by atoms with Crippen LogP contribution in [-0.4, -0.2) is 53.5 Å². The van der Waals surface area contributed by atoms with Crippen molar-refractivity contribution in [1.29, 1.82) is 0 Å². The third-order valence-electron chi connectivity index (χ3n) is 10.2. The number of aryl methyl sites for hydroxylation is 2. The minimum atomic E-state index is -0.450. The first-order chi connectivity index (χ1) is 21.0. The average Bonchev–Trinajstić information content (AvgIpc) is 3.24. The number of hydrogen-bond acceptors (Lipinski definition) is 7. The molecular weight excluding hydrogens is 570 g/mol. The quantitative estimate of drug-likeness (QED) is 0.266. The van der Waals surface area contributed by atoms with E-state index in [1.54, 1.807) is 11.3 Å². The van der Waals surface area contributed by atoms with Crippen LogP contribution >= 0.6 is 11.3 Å². The Morgan fingerprint density at radius 2 is 1.84 bits per heavy atom. The second-order valence-corrected chi connectivity index (χ2v) is 15.2. The van der Waals surface area contributed by atoms with Crippen molar-refractivity contribution in [2.75, 3.05) is 31.1 Å². The molecule has 8 heteroatoms. The molecular formula is C36H43N3O4S. The lowest BCUT2D eigenvalue weighted by atomic mass is 9.66. The van der Waals surface area contributed by atoms with Crippen LogP contribution in [0, 0.1) is 37.0 Å². The molecule has 0 radical (unpaired) electrons. The van der Waals surface area contributed by atoms with E-state index in [1.807, 2.05) is 49.9 Å². The highest BCUT2D eigenvalue weighted by atomic mass is 32.1. The van der Waals surface area contributed by atoms with Gasteiger partial charge in [0.15, 0.2) is 5.13 Å². The molecule has 2 aliphatic heterocycles. The van der Waals surface area contributed by atoms with Crippen LogP contribution in [0.3, 0.4) is 0 Å². The molecule has 2 aliphatic carbocycles. The van der Waals surface area contributed by atoms with Crippen LogP contribution in [0.2, 0.25) is 0 Å². The first-order valence-electron chi connectivity index (χ1n) is 16.1. The summed E-state index contributed by atoms with van der Waals surface area (Å²) in [5.41, 5.74) is 5.75. The highest BCUT2D eigenvalue weighted by Crippen LogP contribution is 2.77. The number of benzene rings is 2. The van der Waals surface area contributed by atoms with Gasteiger partial charge in [0, 0.05) is 42.7 Å². The van der Waals surface area contributed by atoms with E-state index < -0.39 is 5.60 Å². The van der Waals surface area contributed by atoms with Gasteiger partial charge in [0.1, 0.15) is 18.0 Å². The molecule has 2 saturated carbocycles. The van der Waals surface area contributed by atoms with E-state index in [2.05, 4.69) is 36.3 Å². The number of piperidine rings is 1. The smallest absolute Gasteiger partial charge is 0.310 e. The van der Waals surface area contributed by atoms with Gasteiger partial charge in [0.2, 0.25) is 0 Å². The lowest BCUT2D eigenvalue weighted by Gasteiger charge is -2.38.